The number of carbonyl (C=O) groups excluding carboxylic acids is 1. The van der Waals surface area contributed by atoms with Crippen molar-refractivity contribution in [2.45, 2.75) is 52.1 Å². The highest BCUT2D eigenvalue weighted by Gasteiger charge is 2.31. The van der Waals surface area contributed by atoms with Gasteiger partial charge in [0.1, 0.15) is 0 Å². The van der Waals surface area contributed by atoms with Crippen molar-refractivity contribution in [2.75, 3.05) is 13.2 Å². The molecule has 0 fully saturated rings. The van der Waals surface area contributed by atoms with Gasteiger partial charge in [0.05, 0.1) is 12.1 Å². The first-order chi connectivity index (χ1) is 15.5. The van der Waals surface area contributed by atoms with Gasteiger partial charge in [0.2, 0.25) is 5.91 Å². The molecule has 0 aliphatic heterocycles. The van der Waals surface area contributed by atoms with E-state index in [-0.39, 0.29) is 11.9 Å². The summed E-state index contributed by atoms with van der Waals surface area (Å²) in [5.74, 6) is -0.112. The van der Waals surface area contributed by atoms with Crippen LogP contribution in [0.3, 0.4) is 0 Å². The van der Waals surface area contributed by atoms with Crippen LogP contribution in [0.15, 0.2) is 72.8 Å². The summed E-state index contributed by atoms with van der Waals surface area (Å²) in [6.07, 6.45) is -0.0420. The van der Waals surface area contributed by atoms with Crippen molar-refractivity contribution < 1.29 is 14.3 Å². The third-order valence-corrected chi connectivity index (χ3v) is 5.67. The van der Waals surface area contributed by atoms with Crippen molar-refractivity contribution in [3.05, 3.63) is 83.9 Å². The Morgan fingerprint density at radius 1 is 0.906 bits per heavy atom. The van der Waals surface area contributed by atoms with E-state index in [0.717, 1.165) is 21.9 Å². The number of benzene rings is 3. The minimum absolute atomic E-state index is 0.112. The van der Waals surface area contributed by atoms with Gasteiger partial charge < -0.3 is 20.1 Å². The number of hydrogen-bond donors (Lipinski definition) is 1. The lowest BCUT2D eigenvalue weighted by atomic mass is 10.0. The molecule has 3 rings (SSSR count). The van der Waals surface area contributed by atoms with Crippen LogP contribution in [0, 0.1) is 0 Å². The summed E-state index contributed by atoms with van der Waals surface area (Å²) in [5, 5.41) is 2.27. The van der Waals surface area contributed by atoms with Crippen molar-refractivity contribution in [1.82, 2.24) is 4.90 Å². The minimum Gasteiger partial charge on any atom is -0.351 e. The average Bonchev–Trinajstić information content (AvgIpc) is 2.82. The molecule has 0 heterocycles. The predicted molar refractivity (Wildman–Crippen MR) is 129 cm³/mol. The Morgan fingerprint density at radius 3 is 2.22 bits per heavy atom. The zero-order valence-electron chi connectivity index (χ0n) is 19.2. The molecule has 0 saturated heterocycles. The Bertz CT molecular complexity index is 981. The molecule has 1 amide bonds. The van der Waals surface area contributed by atoms with E-state index in [0.29, 0.717) is 26.2 Å². The molecule has 3 aromatic rings. The Hall–Kier alpha value is -2.73. The Kier molecular flexibility index (Phi) is 8.80. The smallest absolute Gasteiger partial charge is 0.240 e. The van der Waals surface area contributed by atoms with E-state index >= 15 is 0 Å². The van der Waals surface area contributed by atoms with Crippen LogP contribution < -0.4 is 5.73 Å². The van der Waals surface area contributed by atoms with Gasteiger partial charge in [-0.25, -0.2) is 0 Å². The van der Waals surface area contributed by atoms with E-state index < -0.39 is 12.3 Å². The summed E-state index contributed by atoms with van der Waals surface area (Å²) in [6.45, 7) is 7.25. The fraction of sp³-hybridized carbons (Fsp3) is 0.370. The molecule has 0 aliphatic rings. The number of amides is 1. The molecular formula is C27H34N2O3. The van der Waals surface area contributed by atoms with Crippen LogP contribution in [0.5, 0.6) is 0 Å². The largest absolute Gasteiger partial charge is 0.351 e. The molecular weight excluding hydrogens is 400 g/mol. The zero-order chi connectivity index (χ0) is 22.9. The second kappa shape index (κ2) is 11.8. The van der Waals surface area contributed by atoms with Crippen molar-refractivity contribution in [3.8, 4) is 0 Å². The number of fused-ring (bicyclic) bond motifs is 1. The van der Waals surface area contributed by atoms with Crippen molar-refractivity contribution in [3.63, 3.8) is 0 Å². The first kappa shape index (κ1) is 23.9. The molecule has 32 heavy (non-hydrogen) atoms. The molecule has 5 nitrogen and oxygen atoms in total. The molecule has 0 saturated carbocycles. The molecule has 0 radical (unpaired) electrons. The van der Waals surface area contributed by atoms with Crippen LogP contribution in [0.4, 0.5) is 0 Å². The minimum atomic E-state index is -0.654. The van der Waals surface area contributed by atoms with E-state index in [1.807, 2.05) is 74.2 Å². The standard InChI is InChI=1S/C27H34N2O3/c1-4-31-27(32-5-2)20(3)29(26(30)25(28)18-21-12-7-6-8-13-21)19-23-16-11-15-22-14-9-10-17-24(22)23/h6-17,20,25,27H,4-5,18-19,28H2,1-3H3/t20-,25-/m0/s1. The highest BCUT2D eigenvalue weighted by Crippen LogP contribution is 2.23. The van der Waals surface area contributed by atoms with Crippen LogP contribution in [0.2, 0.25) is 0 Å². The molecule has 0 aliphatic carbocycles. The molecule has 0 spiro atoms. The van der Waals surface area contributed by atoms with Crippen LogP contribution in [0.1, 0.15) is 31.9 Å². The van der Waals surface area contributed by atoms with E-state index in [4.69, 9.17) is 15.2 Å². The summed E-state index contributed by atoms with van der Waals surface area (Å²) in [5.41, 5.74) is 8.54. The average molecular weight is 435 g/mol. The SMILES string of the molecule is CCOC(OCC)[C@H](C)N(Cc1cccc2ccccc12)C(=O)[C@@H](N)Cc1ccccc1. The topological polar surface area (TPSA) is 64.8 Å². The first-order valence-corrected chi connectivity index (χ1v) is 11.3. The van der Waals surface area contributed by atoms with Crippen LogP contribution >= 0.6 is 0 Å². The van der Waals surface area contributed by atoms with Gasteiger partial charge in [-0.2, -0.15) is 0 Å². The maximum atomic E-state index is 13.6. The lowest BCUT2D eigenvalue weighted by molar-refractivity contribution is -0.179. The van der Waals surface area contributed by atoms with E-state index in [1.54, 1.807) is 0 Å². The van der Waals surface area contributed by atoms with Gasteiger partial charge >= 0.3 is 0 Å². The molecule has 0 aromatic heterocycles. The Labute approximate surface area is 191 Å². The van der Waals surface area contributed by atoms with Gasteiger partial charge in [0.25, 0.3) is 0 Å². The molecule has 0 unspecified atom stereocenters. The van der Waals surface area contributed by atoms with Crippen molar-refractivity contribution in [1.29, 1.82) is 0 Å². The number of ether oxygens (including phenoxy) is 2. The van der Waals surface area contributed by atoms with Crippen LogP contribution in [0.25, 0.3) is 10.8 Å². The maximum Gasteiger partial charge on any atom is 0.240 e. The molecule has 0 bridgehead atoms. The highest BCUT2D eigenvalue weighted by molar-refractivity contribution is 5.87. The van der Waals surface area contributed by atoms with E-state index in [2.05, 4.69) is 24.3 Å². The third-order valence-electron chi connectivity index (χ3n) is 5.67. The Balaban J connectivity index is 1.91. The van der Waals surface area contributed by atoms with Gasteiger partial charge in [-0.15, -0.1) is 0 Å². The molecule has 2 N–H and O–H groups in total. The number of nitrogens with zero attached hydrogens (tertiary/aromatic N) is 1. The highest BCUT2D eigenvalue weighted by atomic mass is 16.7. The van der Waals surface area contributed by atoms with Gasteiger partial charge in [0.15, 0.2) is 6.29 Å². The van der Waals surface area contributed by atoms with Gasteiger partial charge in [0, 0.05) is 19.8 Å². The van der Waals surface area contributed by atoms with E-state index in [1.165, 1.54) is 0 Å². The van der Waals surface area contributed by atoms with Gasteiger partial charge in [-0.05, 0) is 49.1 Å². The molecule has 5 heteroatoms. The summed E-state index contributed by atoms with van der Waals surface area (Å²) < 4.78 is 11.7. The van der Waals surface area contributed by atoms with Gasteiger partial charge in [-0.3, -0.25) is 4.79 Å². The van der Waals surface area contributed by atoms with Crippen LogP contribution in [-0.2, 0) is 27.2 Å². The number of hydrogen-bond acceptors (Lipinski definition) is 4. The summed E-state index contributed by atoms with van der Waals surface area (Å²) in [6, 6.07) is 23.3. The first-order valence-electron chi connectivity index (χ1n) is 11.3. The lowest BCUT2D eigenvalue weighted by Crippen LogP contribution is -2.52. The van der Waals surface area contributed by atoms with E-state index in [9.17, 15) is 4.79 Å². The summed E-state index contributed by atoms with van der Waals surface area (Å²) in [4.78, 5) is 15.4. The second-order valence-electron chi connectivity index (χ2n) is 7.92. The number of nitrogens with two attached hydrogens (primary N) is 1. The second-order valence-corrected chi connectivity index (χ2v) is 7.92. The molecule has 2 atom stereocenters. The summed E-state index contributed by atoms with van der Waals surface area (Å²) >= 11 is 0. The fourth-order valence-electron chi connectivity index (χ4n) is 4.01. The van der Waals surface area contributed by atoms with Gasteiger partial charge in [-0.1, -0.05) is 72.8 Å². The maximum absolute atomic E-state index is 13.6. The molecule has 170 valence electrons. The third kappa shape index (κ3) is 5.94. The summed E-state index contributed by atoms with van der Waals surface area (Å²) in [7, 11) is 0. The quantitative estimate of drug-likeness (QED) is 0.451. The Morgan fingerprint density at radius 2 is 1.53 bits per heavy atom. The fourth-order valence-corrected chi connectivity index (χ4v) is 4.01. The monoisotopic (exact) mass is 434 g/mol. The zero-order valence-corrected chi connectivity index (χ0v) is 19.2. The number of rotatable bonds is 11. The van der Waals surface area contributed by atoms with Crippen molar-refractivity contribution >= 4 is 16.7 Å². The predicted octanol–water partition coefficient (Wildman–Crippen LogP) is 4.53. The van der Waals surface area contributed by atoms with Crippen molar-refractivity contribution in [2.24, 2.45) is 5.73 Å². The number of carbonyl (C=O) groups is 1. The van der Waals surface area contributed by atoms with Crippen LogP contribution in [-0.4, -0.2) is 42.4 Å². The molecule has 3 aromatic carbocycles. The normalized spacial score (nSPS) is 13.3. The lowest BCUT2D eigenvalue weighted by Gasteiger charge is -2.36.